The molecule has 0 fully saturated rings. The molecule has 5 nitrogen and oxygen atoms in total. The van der Waals surface area contributed by atoms with Crippen molar-refractivity contribution in [1.82, 2.24) is 19.1 Å². The summed E-state index contributed by atoms with van der Waals surface area (Å²) in [6.07, 6.45) is 0. The van der Waals surface area contributed by atoms with Crippen molar-refractivity contribution in [2.24, 2.45) is 0 Å². The van der Waals surface area contributed by atoms with Gasteiger partial charge in [-0.05, 0) is 59.7 Å². The van der Waals surface area contributed by atoms with E-state index in [-0.39, 0.29) is 0 Å². The van der Waals surface area contributed by atoms with Crippen molar-refractivity contribution in [2.75, 3.05) is 0 Å². The smallest absolute Gasteiger partial charge is 0.160 e. The molecule has 0 unspecified atom stereocenters. The van der Waals surface area contributed by atoms with Crippen LogP contribution < -0.4 is 0 Å². The number of hydrogen-bond acceptors (Lipinski definition) is 3. The van der Waals surface area contributed by atoms with Crippen LogP contribution in [0.5, 0.6) is 0 Å². The molecule has 294 valence electrons. The van der Waals surface area contributed by atoms with E-state index in [1.807, 2.05) is 24.3 Å². The number of para-hydroxylation sites is 4. The lowest BCUT2D eigenvalue weighted by atomic mass is 10.0. The number of rotatable bonds is 6. The average Bonchev–Trinajstić information content (AvgIpc) is 4.03. The van der Waals surface area contributed by atoms with E-state index >= 15 is 0 Å². The highest BCUT2D eigenvalue weighted by Crippen LogP contribution is 2.49. The minimum absolute atomic E-state index is 0.690. The molecule has 0 N–H and O–H groups in total. The zero-order valence-corrected chi connectivity index (χ0v) is 34.0. The standard InChI is InChI=1S/C58H36N4O/c1-4-16-37(17-5-1)38-28-30-39(31-29-38)47-36-48(60-58(59-47)41-18-6-2-7-19-41)40-32-34-43(35-33-40)61-49-25-13-10-22-44(49)52-53-46-24-12-15-27-51(46)63-57(53)56-54(55(52)61)45-23-11-14-26-50(45)62(56)42-20-8-3-9-21-42/h1-36H. The maximum Gasteiger partial charge on any atom is 0.160 e. The third kappa shape index (κ3) is 5.50. The molecule has 0 saturated heterocycles. The second kappa shape index (κ2) is 14.0. The zero-order valence-electron chi connectivity index (χ0n) is 34.0. The second-order valence-electron chi connectivity index (χ2n) is 16.1. The number of fused-ring (bicyclic) bond motifs is 12. The second-order valence-corrected chi connectivity index (χ2v) is 16.1. The number of furan rings is 1. The first-order chi connectivity index (χ1) is 31.3. The van der Waals surface area contributed by atoms with Gasteiger partial charge in [-0.1, -0.05) is 170 Å². The molecule has 0 radical (unpaired) electrons. The molecular weight excluding hydrogens is 769 g/mol. The molecular formula is C58H36N4O. The Hall–Kier alpha value is -8.54. The van der Waals surface area contributed by atoms with Gasteiger partial charge in [0.05, 0.1) is 33.5 Å². The molecule has 0 aliphatic carbocycles. The van der Waals surface area contributed by atoms with Gasteiger partial charge in [-0.25, -0.2) is 9.97 Å². The van der Waals surface area contributed by atoms with Gasteiger partial charge >= 0.3 is 0 Å². The lowest BCUT2D eigenvalue weighted by molar-refractivity contribution is 0.671. The van der Waals surface area contributed by atoms with Gasteiger partial charge < -0.3 is 13.6 Å². The first kappa shape index (κ1) is 35.2. The van der Waals surface area contributed by atoms with Crippen LogP contribution in [-0.2, 0) is 0 Å². The molecule has 0 bridgehead atoms. The molecule has 4 heterocycles. The molecule has 63 heavy (non-hydrogen) atoms. The summed E-state index contributed by atoms with van der Waals surface area (Å²) in [6.45, 7) is 0. The van der Waals surface area contributed by atoms with Gasteiger partial charge in [-0.2, -0.15) is 0 Å². The Balaban J connectivity index is 1.05. The van der Waals surface area contributed by atoms with E-state index in [1.54, 1.807) is 0 Å². The van der Waals surface area contributed by atoms with E-state index in [2.05, 4.69) is 203 Å². The lowest BCUT2D eigenvalue weighted by Crippen LogP contribution is -1.97. The monoisotopic (exact) mass is 804 g/mol. The summed E-state index contributed by atoms with van der Waals surface area (Å²) in [5, 5.41) is 6.91. The van der Waals surface area contributed by atoms with E-state index < -0.39 is 0 Å². The highest BCUT2D eigenvalue weighted by Gasteiger charge is 2.27. The fraction of sp³-hybridized carbons (Fsp3) is 0. The Morgan fingerprint density at radius 2 is 0.794 bits per heavy atom. The van der Waals surface area contributed by atoms with Crippen LogP contribution in [0.4, 0.5) is 0 Å². The van der Waals surface area contributed by atoms with Gasteiger partial charge in [0, 0.05) is 60.4 Å². The van der Waals surface area contributed by atoms with E-state index in [1.165, 1.54) is 27.3 Å². The Morgan fingerprint density at radius 1 is 0.333 bits per heavy atom. The summed E-state index contributed by atoms with van der Waals surface area (Å²) in [7, 11) is 0. The van der Waals surface area contributed by atoms with E-state index in [9.17, 15) is 0 Å². The van der Waals surface area contributed by atoms with Crippen molar-refractivity contribution in [3.63, 3.8) is 0 Å². The molecule has 0 amide bonds. The van der Waals surface area contributed by atoms with Crippen molar-refractivity contribution in [3.8, 4) is 56.4 Å². The molecule has 4 aromatic heterocycles. The van der Waals surface area contributed by atoms with Crippen LogP contribution in [-0.4, -0.2) is 19.1 Å². The molecule has 0 spiro atoms. The topological polar surface area (TPSA) is 48.8 Å². The number of nitrogens with zero attached hydrogens (tertiary/aromatic N) is 4. The molecule has 0 aliphatic heterocycles. The predicted octanol–water partition coefficient (Wildman–Crippen LogP) is 15.2. The molecule has 0 aliphatic rings. The summed E-state index contributed by atoms with van der Waals surface area (Å²) in [5.74, 6) is 0.690. The zero-order chi connectivity index (χ0) is 41.4. The van der Waals surface area contributed by atoms with Crippen molar-refractivity contribution >= 4 is 65.6 Å². The largest absolute Gasteiger partial charge is 0.454 e. The molecule has 13 aromatic rings. The van der Waals surface area contributed by atoms with Gasteiger partial charge in [0.2, 0.25) is 0 Å². The van der Waals surface area contributed by atoms with E-state index in [0.717, 1.165) is 88.8 Å². The van der Waals surface area contributed by atoms with E-state index in [4.69, 9.17) is 14.4 Å². The maximum atomic E-state index is 6.96. The number of aromatic nitrogens is 4. The molecule has 5 heteroatoms. The predicted molar refractivity (Wildman–Crippen MR) is 260 cm³/mol. The molecule has 9 aromatic carbocycles. The highest BCUT2D eigenvalue weighted by atomic mass is 16.3. The van der Waals surface area contributed by atoms with Crippen LogP contribution in [0.2, 0.25) is 0 Å². The van der Waals surface area contributed by atoms with Gasteiger partial charge in [-0.3, -0.25) is 0 Å². The lowest BCUT2D eigenvalue weighted by Gasteiger charge is -2.13. The fourth-order valence-corrected chi connectivity index (χ4v) is 9.70. The van der Waals surface area contributed by atoms with Crippen molar-refractivity contribution in [1.29, 1.82) is 0 Å². The maximum absolute atomic E-state index is 6.96. The Labute approximate surface area is 362 Å². The van der Waals surface area contributed by atoms with Crippen LogP contribution in [0, 0.1) is 0 Å². The van der Waals surface area contributed by atoms with Crippen LogP contribution in [0.1, 0.15) is 0 Å². The highest BCUT2D eigenvalue weighted by molar-refractivity contribution is 6.39. The van der Waals surface area contributed by atoms with Gasteiger partial charge in [0.25, 0.3) is 0 Å². The molecule has 13 rings (SSSR count). The van der Waals surface area contributed by atoms with Crippen molar-refractivity contribution in [2.45, 2.75) is 0 Å². The number of hydrogen-bond donors (Lipinski definition) is 0. The Morgan fingerprint density at radius 3 is 1.44 bits per heavy atom. The van der Waals surface area contributed by atoms with Crippen LogP contribution in [0.25, 0.3) is 122 Å². The van der Waals surface area contributed by atoms with Crippen LogP contribution in [0.3, 0.4) is 0 Å². The summed E-state index contributed by atoms with van der Waals surface area (Å²) >= 11 is 0. The summed E-state index contributed by atoms with van der Waals surface area (Å²) < 4.78 is 11.8. The average molecular weight is 805 g/mol. The third-order valence-corrected chi connectivity index (χ3v) is 12.5. The van der Waals surface area contributed by atoms with Gasteiger partial charge in [-0.15, -0.1) is 0 Å². The SMILES string of the molecule is c1ccc(-c2ccc(-c3cc(-c4ccc(-n5c6ccccc6c6c7c8ccccc8oc7c7c(c8ccccc8n7-c7ccccc7)c65)cc4)nc(-c4ccccc4)n3)cc2)cc1. The summed E-state index contributed by atoms with van der Waals surface area (Å²) in [6, 6.07) is 77.0. The summed E-state index contributed by atoms with van der Waals surface area (Å²) in [4.78, 5) is 10.3. The normalized spacial score (nSPS) is 11.8. The minimum Gasteiger partial charge on any atom is -0.454 e. The van der Waals surface area contributed by atoms with Gasteiger partial charge in [0.15, 0.2) is 11.4 Å². The molecule has 0 atom stereocenters. The van der Waals surface area contributed by atoms with Crippen molar-refractivity contribution in [3.05, 3.63) is 218 Å². The van der Waals surface area contributed by atoms with Crippen molar-refractivity contribution < 1.29 is 4.42 Å². The minimum atomic E-state index is 0.690. The first-order valence-electron chi connectivity index (χ1n) is 21.3. The Kier molecular flexibility index (Phi) is 7.84. The number of benzene rings is 9. The third-order valence-electron chi connectivity index (χ3n) is 12.5. The molecule has 0 saturated carbocycles. The van der Waals surface area contributed by atoms with Gasteiger partial charge in [0.1, 0.15) is 5.58 Å². The quantitative estimate of drug-likeness (QED) is 0.168. The fourth-order valence-electron chi connectivity index (χ4n) is 9.70. The Bertz CT molecular complexity index is 3860. The summed E-state index contributed by atoms with van der Waals surface area (Å²) in [5.41, 5.74) is 15.5. The van der Waals surface area contributed by atoms with Crippen LogP contribution in [0.15, 0.2) is 223 Å². The van der Waals surface area contributed by atoms with E-state index in [0.29, 0.717) is 5.82 Å². The first-order valence-corrected chi connectivity index (χ1v) is 21.3. The van der Waals surface area contributed by atoms with Crippen LogP contribution >= 0.6 is 0 Å².